The summed E-state index contributed by atoms with van der Waals surface area (Å²) in [5.74, 6) is 0.843. The number of nitrogens with zero attached hydrogens (tertiary/aromatic N) is 3. The molecular weight excluding hydrogens is 304 g/mol. The van der Waals surface area contributed by atoms with Crippen LogP contribution in [0.5, 0.6) is 0 Å². The average Bonchev–Trinajstić information content (AvgIpc) is 2.65. The van der Waals surface area contributed by atoms with E-state index in [1.54, 1.807) is 0 Å². The lowest BCUT2D eigenvalue weighted by atomic mass is 9.85. The first-order valence-electron chi connectivity index (χ1n) is 7.29. The third kappa shape index (κ3) is 2.73. The molecule has 2 unspecified atom stereocenters. The van der Waals surface area contributed by atoms with Gasteiger partial charge in [-0.25, -0.2) is 0 Å². The van der Waals surface area contributed by atoms with Crippen LogP contribution < -0.4 is 5.32 Å². The Hall–Kier alpha value is -0.390. The smallest absolute Gasteiger partial charge is 0.0739 e. The van der Waals surface area contributed by atoms with Crippen molar-refractivity contribution < 1.29 is 0 Å². The molecule has 2 aliphatic rings. The molecule has 2 fully saturated rings. The minimum Gasteiger partial charge on any atom is -0.314 e. The maximum atomic E-state index is 4.49. The number of aromatic nitrogens is 2. The summed E-state index contributed by atoms with van der Waals surface area (Å²) in [6.45, 7) is 6.72. The quantitative estimate of drug-likeness (QED) is 0.903. The lowest BCUT2D eigenvalue weighted by molar-refractivity contribution is 0.107. The predicted octanol–water partition coefficient (Wildman–Crippen LogP) is 2.06. The van der Waals surface area contributed by atoms with E-state index in [2.05, 4.69) is 38.2 Å². The van der Waals surface area contributed by atoms with Crippen molar-refractivity contribution in [2.24, 2.45) is 13.0 Å². The highest BCUT2D eigenvalue weighted by Crippen LogP contribution is 2.27. The Balaban J connectivity index is 1.67. The van der Waals surface area contributed by atoms with Gasteiger partial charge in [-0.2, -0.15) is 5.10 Å². The lowest BCUT2D eigenvalue weighted by Gasteiger charge is -2.41. The number of likely N-dealkylation sites (tertiary alicyclic amines) is 1. The lowest BCUT2D eigenvalue weighted by Crippen LogP contribution is -2.51. The number of piperidine rings is 2. The van der Waals surface area contributed by atoms with Gasteiger partial charge in [-0.3, -0.25) is 9.58 Å². The molecule has 106 valence electrons. The summed E-state index contributed by atoms with van der Waals surface area (Å²) in [5.41, 5.74) is 2.39. The number of nitrogens with one attached hydrogen (secondary N) is 1. The van der Waals surface area contributed by atoms with Crippen molar-refractivity contribution in [1.29, 1.82) is 0 Å². The molecule has 5 heteroatoms. The van der Waals surface area contributed by atoms with Crippen molar-refractivity contribution >= 4 is 15.9 Å². The van der Waals surface area contributed by atoms with Crippen LogP contribution in [-0.2, 0) is 13.6 Å². The van der Waals surface area contributed by atoms with E-state index in [-0.39, 0.29) is 0 Å². The van der Waals surface area contributed by atoms with Crippen molar-refractivity contribution in [3.05, 3.63) is 15.9 Å². The van der Waals surface area contributed by atoms with Gasteiger partial charge in [0.1, 0.15) is 0 Å². The molecule has 2 saturated heterocycles. The number of hydrogen-bond acceptors (Lipinski definition) is 3. The number of halogens is 1. The SMILES string of the molecule is Cc1nn(C)c(CN2CCC3NCCCC3C2)c1Br. The van der Waals surface area contributed by atoms with Gasteiger partial charge in [0.05, 0.1) is 15.9 Å². The highest BCUT2D eigenvalue weighted by Gasteiger charge is 2.31. The molecule has 1 aromatic rings. The summed E-state index contributed by atoms with van der Waals surface area (Å²) >= 11 is 3.67. The molecule has 0 amide bonds. The summed E-state index contributed by atoms with van der Waals surface area (Å²) in [7, 11) is 2.04. The Kier molecular flexibility index (Phi) is 3.96. The van der Waals surface area contributed by atoms with Crippen LogP contribution in [0, 0.1) is 12.8 Å². The molecule has 0 radical (unpaired) electrons. The Morgan fingerprint density at radius 1 is 1.42 bits per heavy atom. The molecule has 3 rings (SSSR count). The molecular formula is C14H23BrN4. The zero-order valence-corrected chi connectivity index (χ0v) is 13.4. The minimum absolute atomic E-state index is 0.765. The van der Waals surface area contributed by atoms with Crippen LogP contribution in [0.1, 0.15) is 30.7 Å². The molecule has 0 saturated carbocycles. The molecule has 3 heterocycles. The van der Waals surface area contributed by atoms with Crippen molar-refractivity contribution in [2.75, 3.05) is 19.6 Å². The van der Waals surface area contributed by atoms with Gasteiger partial charge in [-0.15, -0.1) is 0 Å². The number of rotatable bonds is 2. The molecule has 19 heavy (non-hydrogen) atoms. The fourth-order valence-electron chi connectivity index (χ4n) is 3.53. The second-order valence-electron chi connectivity index (χ2n) is 5.96. The van der Waals surface area contributed by atoms with E-state index in [1.807, 2.05) is 11.7 Å². The summed E-state index contributed by atoms with van der Waals surface area (Å²) < 4.78 is 3.20. The van der Waals surface area contributed by atoms with Crippen LogP contribution in [0.2, 0.25) is 0 Å². The van der Waals surface area contributed by atoms with E-state index in [0.717, 1.165) is 24.2 Å². The van der Waals surface area contributed by atoms with E-state index >= 15 is 0 Å². The molecule has 0 aliphatic carbocycles. The molecule has 1 aromatic heterocycles. The van der Waals surface area contributed by atoms with Crippen LogP contribution in [0.3, 0.4) is 0 Å². The van der Waals surface area contributed by atoms with Crippen molar-refractivity contribution in [2.45, 2.75) is 38.8 Å². The van der Waals surface area contributed by atoms with E-state index in [0.29, 0.717) is 0 Å². The number of hydrogen-bond donors (Lipinski definition) is 1. The van der Waals surface area contributed by atoms with Crippen molar-refractivity contribution in [1.82, 2.24) is 20.0 Å². The second kappa shape index (κ2) is 5.54. The topological polar surface area (TPSA) is 33.1 Å². The van der Waals surface area contributed by atoms with Crippen LogP contribution in [0.25, 0.3) is 0 Å². The van der Waals surface area contributed by atoms with Crippen molar-refractivity contribution in [3.63, 3.8) is 0 Å². The highest BCUT2D eigenvalue weighted by atomic mass is 79.9. The molecule has 2 aliphatic heterocycles. The third-order valence-electron chi connectivity index (χ3n) is 4.61. The standard InChI is InChI=1S/C14H23BrN4/c1-10-14(15)13(18(2)17-10)9-19-7-5-12-11(8-19)4-3-6-16-12/h11-12,16H,3-9H2,1-2H3. The largest absolute Gasteiger partial charge is 0.314 e. The molecule has 4 nitrogen and oxygen atoms in total. The normalized spacial score (nSPS) is 28.4. The fraction of sp³-hybridized carbons (Fsp3) is 0.786. The Bertz CT molecular complexity index is 457. The zero-order valence-electron chi connectivity index (χ0n) is 11.8. The van der Waals surface area contributed by atoms with Gasteiger partial charge in [-0.05, 0) is 54.6 Å². The van der Waals surface area contributed by atoms with Crippen LogP contribution in [-0.4, -0.2) is 40.4 Å². The number of aryl methyl sites for hydroxylation is 2. The monoisotopic (exact) mass is 326 g/mol. The van der Waals surface area contributed by atoms with Gasteiger partial charge in [0.2, 0.25) is 0 Å². The maximum absolute atomic E-state index is 4.49. The number of fused-ring (bicyclic) bond motifs is 1. The average molecular weight is 327 g/mol. The fourth-order valence-corrected chi connectivity index (χ4v) is 3.99. The molecule has 2 atom stereocenters. The Morgan fingerprint density at radius 2 is 2.26 bits per heavy atom. The van der Waals surface area contributed by atoms with Gasteiger partial charge in [0.15, 0.2) is 0 Å². The van der Waals surface area contributed by atoms with Crippen LogP contribution in [0.15, 0.2) is 4.47 Å². The Morgan fingerprint density at radius 3 is 3.00 bits per heavy atom. The molecule has 0 spiro atoms. The van der Waals surface area contributed by atoms with Gasteiger partial charge in [0, 0.05) is 32.7 Å². The third-order valence-corrected chi connectivity index (χ3v) is 5.64. The van der Waals surface area contributed by atoms with Gasteiger partial charge >= 0.3 is 0 Å². The van der Waals surface area contributed by atoms with E-state index in [4.69, 9.17) is 0 Å². The van der Waals surface area contributed by atoms with E-state index < -0.39 is 0 Å². The first kappa shape index (κ1) is 13.6. The zero-order chi connectivity index (χ0) is 13.4. The summed E-state index contributed by atoms with van der Waals surface area (Å²) in [4.78, 5) is 2.59. The minimum atomic E-state index is 0.765. The maximum Gasteiger partial charge on any atom is 0.0739 e. The van der Waals surface area contributed by atoms with Crippen molar-refractivity contribution in [3.8, 4) is 0 Å². The van der Waals surface area contributed by atoms with Gasteiger partial charge < -0.3 is 5.32 Å². The molecule has 1 N–H and O–H groups in total. The van der Waals surface area contributed by atoms with E-state index in [1.165, 1.54) is 49.1 Å². The first-order valence-corrected chi connectivity index (χ1v) is 8.08. The Labute approximate surface area is 123 Å². The van der Waals surface area contributed by atoms with Crippen LogP contribution >= 0.6 is 15.9 Å². The van der Waals surface area contributed by atoms with Gasteiger partial charge in [0.25, 0.3) is 0 Å². The predicted molar refractivity (Wildman–Crippen MR) is 80.1 cm³/mol. The molecule has 0 aromatic carbocycles. The first-order chi connectivity index (χ1) is 9.15. The molecule has 0 bridgehead atoms. The van der Waals surface area contributed by atoms with Gasteiger partial charge in [-0.1, -0.05) is 0 Å². The summed E-state index contributed by atoms with van der Waals surface area (Å²) in [6, 6.07) is 0.765. The summed E-state index contributed by atoms with van der Waals surface area (Å²) in [5, 5.41) is 8.17. The second-order valence-corrected chi connectivity index (χ2v) is 6.75. The highest BCUT2D eigenvalue weighted by molar-refractivity contribution is 9.10. The van der Waals surface area contributed by atoms with E-state index in [9.17, 15) is 0 Å². The van der Waals surface area contributed by atoms with Crippen LogP contribution in [0.4, 0.5) is 0 Å². The summed E-state index contributed by atoms with van der Waals surface area (Å²) in [6.07, 6.45) is 4.02.